The molecule has 0 saturated carbocycles. The number of hydrogen-bond donors (Lipinski definition) is 0. The second-order valence-electron chi connectivity index (χ2n) is 6.88. The fourth-order valence-electron chi connectivity index (χ4n) is 3.69. The average molecular weight is 420 g/mol. The zero-order chi connectivity index (χ0) is 19.8. The maximum absolute atomic E-state index is 6.25. The van der Waals surface area contributed by atoms with Gasteiger partial charge in [-0.25, -0.2) is 4.98 Å². The highest BCUT2D eigenvalue weighted by Gasteiger charge is 2.27. The van der Waals surface area contributed by atoms with Gasteiger partial charge in [-0.2, -0.15) is 4.98 Å². The fourth-order valence-corrected chi connectivity index (χ4v) is 4.85. The number of benzene rings is 1. The minimum absolute atomic E-state index is 0.121. The first-order valence-electron chi connectivity index (χ1n) is 9.07. The molecule has 1 aliphatic rings. The maximum atomic E-state index is 6.25. The number of hydrogen-bond acceptors (Lipinski definition) is 7. The van der Waals surface area contributed by atoms with E-state index in [2.05, 4.69) is 34.1 Å². The van der Waals surface area contributed by atoms with Crippen LogP contribution in [0.1, 0.15) is 13.8 Å². The number of rotatable bonds is 4. The van der Waals surface area contributed by atoms with E-state index in [4.69, 9.17) is 25.8 Å². The van der Waals surface area contributed by atoms with Crippen LogP contribution in [0.3, 0.4) is 0 Å². The van der Waals surface area contributed by atoms with Gasteiger partial charge in [-0.15, -0.1) is 11.3 Å². The Bertz CT molecular complexity index is 1000. The summed E-state index contributed by atoms with van der Waals surface area (Å²) in [5, 5.41) is 3.35. The summed E-state index contributed by atoms with van der Waals surface area (Å²) in [6.45, 7) is 5.67. The molecule has 1 aliphatic heterocycles. The van der Waals surface area contributed by atoms with Crippen LogP contribution in [0.15, 0.2) is 23.6 Å². The van der Waals surface area contributed by atoms with Crippen LogP contribution in [0.4, 0.5) is 5.82 Å². The average Bonchev–Trinajstić information content (AvgIpc) is 3.09. The Morgan fingerprint density at radius 1 is 1.11 bits per heavy atom. The van der Waals surface area contributed by atoms with Gasteiger partial charge in [-0.3, -0.25) is 0 Å². The fraction of sp³-hybridized carbons (Fsp3) is 0.400. The molecule has 2 unspecified atom stereocenters. The third-order valence-electron chi connectivity index (χ3n) is 4.80. The molecule has 6 nitrogen and oxygen atoms in total. The minimum Gasteiger partial charge on any atom is -0.493 e. The van der Waals surface area contributed by atoms with Crippen molar-refractivity contribution < 1.29 is 14.2 Å². The van der Waals surface area contributed by atoms with Crippen LogP contribution in [0.2, 0.25) is 5.28 Å². The van der Waals surface area contributed by atoms with Gasteiger partial charge in [0.05, 0.1) is 31.8 Å². The van der Waals surface area contributed by atoms with Crippen LogP contribution in [0.5, 0.6) is 11.5 Å². The number of halogens is 1. The molecule has 8 heteroatoms. The van der Waals surface area contributed by atoms with Gasteiger partial charge in [-0.1, -0.05) is 6.07 Å². The molecule has 3 heterocycles. The van der Waals surface area contributed by atoms with Gasteiger partial charge in [-0.05, 0) is 43.1 Å². The maximum Gasteiger partial charge on any atom is 0.225 e. The standard InChI is InChI=1S/C20H22ClN3O3S/c1-11-8-24(9-12(2)27-11)18-17-14(10-28-19(17)23-20(21)22-18)13-5-6-15(25-3)16(7-13)26-4/h5-7,10-12H,8-9H2,1-4H3. The van der Waals surface area contributed by atoms with Gasteiger partial charge >= 0.3 is 0 Å². The molecule has 0 bridgehead atoms. The molecule has 0 aliphatic carbocycles. The number of methoxy groups -OCH3 is 2. The van der Waals surface area contributed by atoms with E-state index in [0.29, 0.717) is 11.5 Å². The molecule has 2 aromatic heterocycles. The minimum atomic E-state index is 0.121. The third-order valence-corrected chi connectivity index (χ3v) is 5.84. The smallest absolute Gasteiger partial charge is 0.225 e. The Morgan fingerprint density at radius 2 is 1.82 bits per heavy atom. The first-order valence-corrected chi connectivity index (χ1v) is 10.3. The molecule has 1 fully saturated rings. The molecule has 0 amide bonds. The Morgan fingerprint density at radius 3 is 2.50 bits per heavy atom. The number of ether oxygens (including phenoxy) is 3. The Hall–Kier alpha value is -2.09. The zero-order valence-electron chi connectivity index (χ0n) is 16.2. The highest BCUT2D eigenvalue weighted by molar-refractivity contribution is 7.17. The van der Waals surface area contributed by atoms with E-state index >= 15 is 0 Å². The van der Waals surface area contributed by atoms with E-state index in [0.717, 1.165) is 40.3 Å². The van der Waals surface area contributed by atoms with Crippen molar-refractivity contribution in [2.45, 2.75) is 26.1 Å². The Kier molecular flexibility index (Phi) is 5.31. The third kappa shape index (κ3) is 3.50. The summed E-state index contributed by atoms with van der Waals surface area (Å²) < 4.78 is 16.7. The highest BCUT2D eigenvalue weighted by Crippen LogP contribution is 2.41. The van der Waals surface area contributed by atoms with E-state index in [9.17, 15) is 0 Å². The summed E-state index contributed by atoms with van der Waals surface area (Å²) in [6, 6.07) is 5.90. The largest absolute Gasteiger partial charge is 0.493 e. The predicted octanol–water partition coefficient (Wildman–Crippen LogP) is 4.64. The molecule has 0 N–H and O–H groups in total. The molecule has 0 radical (unpaired) electrons. The molecule has 1 saturated heterocycles. The summed E-state index contributed by atoms with van der Waals surface area (Å²) in [5.74, 6) is 2.23. The summed E-state index contributed by atoms with van der Waals surface area (Å²) in [5.41, 5.74) is 2.07. The molecule has 4 rings (SSSR count). The van der Waals surface area contributed by atoms with Crippen molar-refractivity contribution in [2.75, 3.05) is 32.2 Å². The zero-order valence-corrected chi connectivity index (χ0v) is 17.8. The van der Waals surface area contributed by atoms with Crippen molar-refractivity contribution in [1.29, 1.82) is 0 Å². The van der Waals surface area contributed by atoms with E-state index in [1.807, 2.05) is 18.2 Å². The quantitative estimate of drug-likeness (QED) is 0.574. The topological polar surface area (TPSA) is 56.7 Å². The lowest BCUT2D eigenvalue weighted by atomic mass is 10.0. The SMILES string of the molecule is COc1ccc(-c2csc3nc(Cl)nc(N4CC(C)OC(C)C4)c23)cc1OC. The summed E-state index contributed by atoms with van der Waals surface area (Å²) in [7, 11) is 3.27. The molecular formula is C20H22ClN3O3S. The van der Waals surface area contributed by atoms with Gasteiger partial charge in [0.25, 0.3) is 0 Å². The monoisotopic (exact) mass is 419 g/mol. The summed E-state index contributed by atoms with van der Waals surface area (Å²) >= 11 is 7.81. The number of nitrogens with zero attached hydrogens (tertiary/aromatic N) is 3. The number of anilines is 1. The number of fused-ring (bicyclic) bond motifs is 1. The van der Waals surface area contributed by atoms with Gasteiger partial charge < -0.3 is 19.1 Å². The normalized spacial score (nSPS) is 19.8. The number of morpholine rings is 1. The lowest BCUT2D eigenvalue weighted by molar-refractivity contribution is -0.00537. The van der Waals surface area contributed by atoms with Gasteiger partial charge in [0.2, 0.25) is 5.28 Å². The van der Waals surface area contributed by atoms with Crippen LogP contribution in [0.25, 0.3) is 21.3 Å². The van der Waals surface area contributed by atoms with E-state index in [1.165, 1.54) is 0 Å². The van der Waals surface area contributed by atoms with Gasteiger partial charge in [0.1, 0.15) is 10.6 Å². The van der Waals surface area contributed by atoms with Crippen molar-refractivity contribution in [3.8, 4) is 22.6 Å². The molecule has 148 valence electrons. The summed E-state index contributed by atoms with van der Waals surface area (Å²) in [4.78, 5) is 12.2. The molecule has 28 heavy (non-hydrogen) atoms. The van der Waals surface area contributed by atoms with Crippen molar-refractivity contribution in [3.05, 3.63) is 28.9 Å². The molecule has 0 spiro atoms. The molecular weight excluding hydrogens is 398 g/mol. The molecule has 2 atom stereocenters. The van der Waals surface area contributed by atoms with Gasteiger partial charge in [0, 0.05) is 24.0 Å². The lowest BCUT2D eigenvalue weighted by Gasteiger charge is -2.36. The highest BCUT2D eigenvalue weighted by atomic mass is 35.5. The van der Waals surface area contributed by atoms with Crippen molar-refractivity contribution in [1.82, 2.24) is 9.97 Å². The van der Waals surface area contributed by atoms with Crippen molar-refractivity contribution >= 4 is 39.0 Å². The predicted molar refractivity (Wildman–Crippen MR) is 113 cm³/mol. The van der Waals surface area contributed by atoms with Crippen LogP contribution in [0, 0.1) is 0 Å². The van der Waals surface area contributed by atoms with Crippen molar-refractivity contribution in [2.24, 2.45) is 0 Å². The Balaban J connectivity index is 1.87. The first-order chi connectivity index (χ1) is 13.5. The van der Waals surface area contributed by atoms with E-state index in [1.54, 1.807) is 25.6 Å². The lowest BCUT2D eigenvalue weighted by Crippen LogP contribution is -2.46. The Labute approximate surface area is 173 Å². The first kappa shape index (κ1) is 19.2. The second-order valence-corrected chi connectivity index (χ2v) is 8.07. The van der Waals surface area contributed by atoms with Gasteiger partial charge in [0.15, 0.2) is 11.5 Å². The van der Waals surface area contributed by atoms with E-state index in [-0.39, 0.29) is 17.5 Å². The van der Waals surface area contributed by atoms with Crippen LogP contribution >= 0.6 is 22.9 Å². The number of aromatic nitrogens is 2. The molecule has 1 aromatic carbocycles. The van der Waals surface area contributed by atoms with Crippen molar-refractivity contribution in [3.63, 3.8) is 0 Å². The number of thiophene rings is 1. The van der Waals surface area contributed by atoms with Crippen LogP contribution < -0.4 is 14.4 Å². The van der Waals surface area contributed by atoms with E-state index < -0.39 is 0 Å². The van der Waals surface area contributed by atoms with Crippen LogP contribution in [-0.2, 0) is 4.74 Å². The summed E-state index contributed by atoms with van der Waals surface area (Å²) in [6.07, 6.45) is 0.242. The second kappa shape index (κ2) is 7.73. The van der Waals surface area contributed by atoms with Crippen LogP contribution in [-0.4, -0.2) is 49.5 Å². The molecule has 3 aromatic rings.